The van der Waals surface area contributed by atoms with E-state index in [0.29, 0.717) is 32.3 Å². The molecule has 2 atom stereocenters. The fourth-order valence-corrected chi connectivity index (χ4v) is 4.43. The van der Waals surface area contributed by atoms with Crippen LogP contribution in [0.4, 0.5) is 9.59 Å². The van der Waals surface area contributed by atoms with E-state index in [9.17, 15) is 9.59 Å². The number of piperidine rings is 1. The van der Waals surface area contributed by atoms with Crippen molar-refractivity contribution < 1.29 is 19.1 Å². The van der Waals surface area contributed by atoms with Crippen LogP contribution in [0.5, 0.6) is 0 Å². The van der Waals surface area contributed by atoms with Crippen molar-refractivity contribution in [1.29, 1.82) is 0 Å². The normalized spacial score (nSPS) is 23.5. The molecule has 1 aromatic carbocycles. The summed E-state index contributed by atoms with van der Waals surface area (Å²) >= 11 is 0. The molecule has 0 N–H and O–H groups in total. The molecule has 2 amide bonds. The summed E-state index contributed by atoms with van der Waals surface area (Å²) in [5, 5.41) is 0. The van der Waals surface area contributed by atoms with Crippen molar-refractivity contribution in [2.75, 3.05) is 26.2 Å². The number of hydrogen-bond acceptors (Lipinski definition) is 5. The molecule has 0 bridgehead atoms. The third-order valence-corrected chi connectivity index (χ3v) is 6.06. The number of benzene rings is 1. The molecule has 1 aromatic rings. The van der Waals surface area contributed by atoms with Gasteiger partial charge in [0.2, 0.25) is 0 Å². The van der Waals surface area contributed by atoms with Crippen molar-refractivity contribution in [2.24, 2.45) is 0 Å². The molecule has 3 rings (SSSR count). The van der Waals surface area contributed by atoms with Crippen LogP contribution in [0.1, 0.15) is 53.0 Å². The van der Waals surface area contributed by atoms with Gasteiger partial charge in [-0.15, -0.1) is 0 Å². The first-order valence-electron chi connectivity index (χ1n) is 11.3. The van der Waals surface area contributed by atoms with Gasteiger partial charge < -0.3 is 19.3 Å². The lowest BCUT2D eigenvalue weighted by atomic mass is 9.98. The van der Waals surface area contributed by atoms with E-state index in [4.69, 9.17) is 9.47 Å². The highest BCUT2D eigenvalue weighted by Gasteiger charge is 2.38. The van der Waals surface area contributed by atoms with E-state index in [2.05, 4.69) is 18.7 Å². The van der Waals surface area contributed by atoms with Crippen LogP contribution >= 0.6 is 0 Å². The Bertz CT molecular complexity index is 741. The SMILES string of the molecule is C[C@@H]1CN(C2CCN(C(=O)OCc3ccccc3)CC2)[C@@H](C)CN1C(=O)OC(C)(C)C. The molecule has 0 unspecified atom stereocenters. The van der Waals surface area contributed by atoms with Crippen molar-refractivity contribution in [2.45, 2.75) is 77.8 Å². The lowest BCUT2D eigenvalue weighted by molar-refractivity contribution is -0.0277. The number of carbonyl (C=O) groups excluding carboxylic acids is 2. The topological polar surface area (TPSA) is 62.3 Å². The molecule has 7 heteroatoms. The van der Waals surface area contributed by atoms with E-state index >= 15 is 0 Å². The number of nitrogens with zero attached hydrogens (tertiary/aromatic N) is 3. The van der Waals surface area contributed by atoms with Crippen LogP contribution in [0.25, 0.3) is 0 Å². The number of likely N-dealkylation sites (tertiary alicyclic amines) is 1. The van der Waals surface area contributed by atoms with Crippen LogP contribution in [0.15, 0.2) is 30.3 Å². The lowest BCUT2D eigenvalue weighted by Gasteiger charge is -2.48. The molecule has 0 aliphatic carbocycles. The van der Waals surface area contributed by atoms with Gasteiger partial charge in [-0.05, 0) is 53.0 Å². The van der Waals surface area contributed by atoms with Crippen molar-refractivity contribution in [1.82, 2.24) is 14.7 Å². The Hall–Kier alpha value is -2.28. The molecule has 172 valence electrons. The molecule has 0 spiro atoms. The Morgan fingerprint density at radius 3 is 2.23 bits per heavy atom. The van der Waals surface area contributed by atoms with Crippen molar-refractivity contribution in [3.05, 3.63) is 35.9 Å². The molecular formula is C24H37N3O4. The van der Waals surface area contributed by atoms with Gasteiger partial charge in [0.25, 0.3) is 0 Å². The molecule has 2 aliphatic rings. The summed E-state index contributed by atoms with van der Waals surface area (Å²) in [6.45, 7) is 13.1. The van der Waals surface area contributed by atoms with Crippen LogP contribution in [0.2, 0.25) is 0 Å². The maximum Gasteiger partial charge on any atom is 0.410 e. The zero-order chi connectivity index (χ0) is 22.6. The first-order valence-corrected chi connectivity index (χ1v) is 11.3. The van der Waals surface area contributed by atoms with Crippen LogP contribution in [0, 0.1) is 0 Å². The van der Waals surface area contributed by atoms with E-state index in [1.807, 2.05) is 60.9 Å². The lowest BCUT2D eigenvalue weighted by Crippen LogP contribution is -2.62. The number of piperazine rings is 1. The van der Waals surface area contributed by atoms with Gasteiger partial charge in [0.15, 0.2) is 0 Å². The minimum atomic E-state index is -0.487. The van der Waals surface area contributed by atoms with Crippen molar-refractivity contribution in [3.8, 4) is 0 Å². The second kappa shape index (κ2) is 9.90. The number of carbonyl (C=O) groups is 2. The summed E-state index contributed by atoms with van der Waals surface area (Å²) in [5.41, 5.74) is 0.510. The average molecular weight is 432 g/mol. The standard InChI is InChI=1S/C24H37N3O4/c1-18-16-27(23(29)31-24(3,4)5)19(2)15-26(18)21-11-13-25(14-12-21)22(28)30-17-20-9-7-6-8-10-20/h6-10,18-19,21H,11-17H2,1-5H3/t18-,19+/m0/s1. The highest BCUT2D eigenvalue weighted by Crippen LogP contribution is 2.25. The van der Waals surface area contributed by atoms with E-state index in [1.54, 1.807) is 0 Å². The first kappa shape index (κ1) is 23.4. The molecule has 7 nitrogen and oxygen atoms in total. The maximum absolute atomic E-state index is 12.6. The van der Waals surface area contributed by atoms with Gasteiger partial charge in [0, 0.05) is 44.3 Å². The predicted molar refractivity (Wildman–Crippen MR) is 120 cm³/mol. The number of amides is 2. The Morgan fingerprint density at radius 2 is 1.61 bits per heavy atom. The van der Waals surface area contributed by atoms with E-state index in [1.165, 1.54) is 0 Å². The first-order chi connectivity index (χ1) is 14.6. The molecule has 2 saturated heterocycles. The van der Waals surface area contributed by atoms with Crippen molar-refractivity contribution in [3.63, 3.8) is 0 Å². The van der Waals surface area contributed by atoms with Crippen LogP contribution in [0.3, 0.4) is 0 Å². The highest BCUT2D eigenvalue weighted by atomic mass is 16.6. The van der Waals surface area contributed by atoms with Crippen molar-refractivity contribution >= 4 is 12.2 Å². The molecular weight excluding hydrogens is 394 g/mol. The van der Waals surface area contributed by atoms with Crippen LogP contribution in [-0.2, 0) is 16.1 Å². The summed E-state index contributed by atoms with van der Waals surface area (Å²) in [7, 11) is 0. The quantitative estimate of drug-likeness (QED) is 0.721. The van der Waals surface area contributed by atoms with E-state index in [-0.39, 0.29) is 24.3 Å². The monoisotopic (exact) mass is 431 g/mol. The second-order valence-corrected chi connectivity index (χ2v) is 9.79. The fourth-order valence-electron chi connectivity index (χ4n) is 4.43. The van der Waals surface area contributed by atoms with Gasteiger partial charge in [0.05, 0.1) is 0 Å². The van der Waals surface area contributed by atoms with Gasteiger partial charge >= 0.3 is 12.2 Å². The molecule has 2 fully saturated rings. The zero-order valence-corrected chi connectivity index (χ0v) is 19.5. The molecule has 2 aliphatic heterocycles. The van der Waals surface area contributed by atoms with Gasteiger partial charge in [-0.1, -0.05) is 30.3 Å². The number of ether oxygens (including phenoxy) is 2. The third kappa shape index (κ3) is 6.35. The van der Waals surface area contributed by atoms with Crippen LogP contribution in [-0.4, -0.2) is 76.8 Å². The highest BCUT2D eigenvalue weighted by molar-refractivity contribution is 5.69. The Balaban J connectivity index is 1.47. The van der Waals surface area contributed by atoms with Crippen LogP contribution < -0.4 is 0 Å². The summed E-state index contributed by atoms with van der Waals surface area (Å²) in [6.07, 6.45) is 1.37. The minimum Gasteiger partial charge on any atom is -0.445 e. The van der Waals surface area contributed by atoms with Gasteiger partial charge in [0.1, 0.15) is 12.2 Å². The van der Waals surface area contributed by atoms with Gasteiger partial charge in [-0.3, -0.25) is 4.90 Å². The molecule has 0 aromatic heterocycles. The largest absolute Gasteiger partial charge is 0.445 e. The Labute approximate surface area is 186 Å². The predicted octanol–water partition coefficient (Wildman–Crippen LogP) is 4.12. The number of rotatable bonds is 3. The smallest absolute Gasteiger partial charge is 0.410 e. The van der Waals surface area contributed by atoms with Gasteiger partial charge in [-0.25, -0.2) is 9.59 Å². The van der Waals surface area contributed by atoms with E-state index in [0.717, 1.165) is 24.9 Å². The third-order valence-electron chi connectivity index (χ3n) is 6.06. The average Bonchev–Trinajstić information content (AvgIpc) is 2.73. The second-order valence-electron chi connectivity index (χ2n) is 9.79. The minimum absolute atomic E-state index is 0.0971. The summed E-state index contributed by atoms with van der Waals surface area (Å²) < 4.78 is 11.1. The molecule has 2 heterocycles. The maximum atomic E-state index is 12.6. The van der Waals surface area contributed by atoms with Gasteiger partial charge in [-0.2, -0.15) is 0 Å². The van der Waals surface area contributed by atoms with E-state index < -0.39 is 5.60 Å². The summed E-state index contributed by atoms with van der Waals surface area (Å²) in [4.78, 5) is 31.2. The summed E-state index contributed by atoms with van der Waals surface area (Å²) in [5.74, 6) is 0. The Kier molecular flexibility index (Phi) is 7.46. The molecule has 31 heavy (non-hydrogen) atoms. The zero-order valence-electron chi connectivity index (χ0n) is 19.5. The molecule has 0 saturated carbocycles. The fraction of sp³-hybridized carbons (Fsp3) is 0.667. The molecule has 0 radical (unpaired) electrons. The Morgan fingerprint density at radius 1 is 0.968 bits per heavy atom. The summed E-state index contributed by atoms with van der Waals surface area (Å²) in [6, 6.07) is 10.5. The number of hydrogen-bond donors (Lipinski definition) is 0.